The van der Waals surface area contributed by atoms with Crippen molar-refractivity contribution in [3.8, 4) is 0 Å². The van der Waals surface area contributed by atoms with Crippen molar-refractivity contribution in [3.63, 3.8) is 0 Å². The number of carbonyl (C=O) groups excluding carboxylic acids is 2. The van der Waals surface area contributed by atoms with E-state index in [1.54, 1.807) is 12.2 Å². The molecule has 0 atom stereocenters. The molecule has 1 aromatic carbocycles. The van der Waals surface area contributed by atoms with E-state index in [9.17, 15) is 22.6 Å². The number of benzene rings is 1. The predicted molar refractivity (Wildman–Crippen MR) is 253 cm³/mol. The maximum absolute atomic E-state index is 13.0. The van der Waals surface area contributed by atoms with Crippen LogP contribution in [0.5, 0.6) is 0 Å². The highest BCUT2D eigenvalue weighted by Gasteiger charge is 2.23. The van der Waals surface area contributed by atoms with E-state index in [0.29, 0.717) is 0 Å². The lowest BCUT2D eigenvalue weighted by Crippen LogP contribution is -2.15. The summed E-state index contributed by atoms with van der Waals surface area (Å²) < 4.78 is 43.8. The van der Waals surface area contributed by atoms with E-state index in [1.165, 1.54) is 212 Å². The van der Waals surface area contributed by atoms with Crippen LogP contribution >= 0.6 is 0 Å². The van der Waals surface area contributed by atoms with Gasteiger partial charge in [0.05, 0.1) is 16.0 Å². The zero-order chi connectivity index (χ0) is 43.6. The molecule has 0 saturated carbocycles. The first kappa shape index (κ1) is 55.6. The average molecular weight is 859 g/mol. The largest absolute Gasteiger partial charge is 0.458 e. The third-order valence-corrected chi connectivity index (χ3v) is 12.5. The standard InChI is InChI=1S/C52H90O7S/c1-3-5-7-9-11-13-15-17-19-21-23-25-27-29-31-33-35-37-39-41-45-58-51(53)49-44-43-48(60(55,56)57)47-50(49)52(54)59-46-42-40-38-36-34-32-30-28-26-24-22-20-18-16-14-12-10-8-6-4-2/h39-44,47H,3-38,45-46H2,1-2H3,(H,55,56,57)/b41-39+,42-40+. The molecule has 0 bridgehead atoms. The van der Waals surface area contributed by atoms with Crippen molar-refractivity contribution >= 4 is 22.1 Å². The van der Waals surface area contributed by atoms with Crippen LogP contribution in [-0.4, -0.2) is 38.1 Å². The van der Waals surface area contributed by atoms with E-state index in [0.717, 1.165) is 37.8 Å². The second-order valence-corrected chi connectivity index (χ2v) is 18.6. The summed E-state index contributed by atoms with van der Waals surface area (Å²) in [4.78, 5) is 25.4. The SMILES string of the molecule is CCCCCCCCCCCCCCCCCCC/C=C/COC(=O)c1ccc(S(=O)(=O)O)cc1C(=O)OC/C=C/CCCCCCCCCCCCCCCCCCC. The topological polar surface area (TPSA) is 107 Å². The Morgan fingerprint density at radius 3 is 1.02 bits per heavy atom. The maximum atomic E-state index is 13.0. The second-order valence-electron chi connectivity index (χ2n) is 17.2. The summed E-state index contributed by atoms with van der Waals surface area (Å²) >= 11 is 0. The van der Waals surface area contributed by atoms with Crippen LogP contribution < -0.4 is 0 Å². The second kappa shape index (κ2) is 40.6. The Morgan fingerprint density at radius 2 is 0.717 bits per heavy atom. The third kappa shape index (κ3) is 33.2. The van der Waals surface area contributed by atoms with Crippen molar-refractivity contribution in [3.05, 3.63) is 53.6 Å². The highest BCUT2D eigenvalue weighted by Crippen LogP contribution is 2.20. The molecule has 0 spiro atoms. The van der Waals surface area contributed by atoms with Gasteiger partial charge in [-0.1, -0.05) is 244 Å². The molecule has 0 aliphatic carbocycles. The van der Waals surface area contributed by atoms with Crippen LogP contribution in [0.2, 0.25) is 0 Å². The molecule has 0 unspecified atom stereocenters. The van der Waals surface area contributed by atoms with Crippen LogP contribution in [0.3, 0.4) is 0 Å². The van der Waals surface area contributed by atoms with Gasteiger partial charge in [0.1, 0.15) is 13.2 Å². The van der Waals surface area contributed by atoms with E-state index in [2.05, 4.69) is 13.8 Å². The number of allylic oxidation sites excluding steroid dienone is 2. The summed E-state index contributed by atoms with van der Waals surface area (Å²) in [5.41, 5.74) is -0.370. The Labute approximate surface area is 369 Å². The Bertz CT molecular complexity index is 1340. The molecule has 0 fully saturated rings. The van der Waals surface area contributed by atoms with E-state index >= 15 is 0 Å². The summed E-state index contributed by atoms with van der Waals surface area (Å²) in [5.74, 6) is -1.62. The van der Waals surface area contributed by atoms with Crippen LogP contribution in [0.15, 0.2) is 47.4 Å². The van der Waals surface area contributed by atoms with E-state index in [1.807, 2.05) is 12.2 Å². The number of ether oxygens (including phenoxy) is 2. The molecule has 0 aliphatic heterocycles. The molecular formula is C52H90O7S. The summed E-state index contributed by atoms with van der Waals surface area (Å²) in [5, 5.41) is 0. The molecule has 0 aromatic heterocycles. The van der Waals surface area contributed by atoms with Gasteiger partial charge in [-0.25, -0.2) is 9.59 Å². The van der Waals surface area contributed by atoms with E-state index in [-0.39, 0.29) is 24.3 Å². The predicted octanol–water partition coefficient (Wildman–Crippen LogP) is 16.4. The fourth-order valence-corrected chi connectivity index (χ4v) is 8.29. The third-order valence-electron chi connectivity index (χ3n) is 11.6. The number of hydrogen-bond acceptors (Lipinski definition) is 6. The van der Waals surface area contributed by atoms with Gasteiger partial charge < -0.3 is 9.47 Å². The molecule has 346 valence electrons. The molecular weight excluding hydrogens is 769 g/mol. The van der Waals surface area contributed by atoms with Gasteiger partial charge in [0.25, 0.3) is 10.1 Å². The highest BCUT2D eigenvalue weighted by atomic mass is 32.2. The number of unbranched alkanes of at least 4 members (excludes halogenated alkanes) is 34. The van der Waals surface area contributed by atoms with Gasteiger partial charge in [-0.2, -0.15) is 8.42 Å². The number of esters is 2. The van der Waals surface area contributed by atoms with Gasteiger partial charge in [-0.05, 0) is 43.9 Å². The van der Waals surface area contributed by atoms with Gasteiger partial charge in [0.2, 0.25) is 0 Å². The Morgan fingerprint density at radius 1 is 0.433 bits per heavy atom. The van der Waals surface area contributed by atoms with E-state index in [4.69, 9.17) is 9.47 Å². The first-order chi connectivity index (χ1) is 29.3. The van der Waals surface area contributed by atoms with Gasteiger partial charge in [0, 0.05) is 0 Å². The summed E-state index contributed by atoms with van der Waals surface area (Å²) in [6, 6.07) is 3.22. The minimum Gasteiger partial charge on any atom is -0.458 e. The lowest BCUT2D eigenvalue weighted by molar-refractivity contribution is 0.0502. The van der Waals surface area contributed by atoms with Gasteiger partial charge in [-0.3, -0.25) is 4.55 Å². The molecule has 7 nitrogen and oxygen atoms in total. The van der Waals surface area contributed by atoms with E-state index < -0.39 is 27.0 Å². The molecule has 1 aromatic rings. The molecule has 0 aliphatic rings. The minimum absolute atomic E-state index is 0.00940. The first-order valence-electron chi connectivity index (χ1n) is 25.1. The average Bonchev–Trinajstić information content (AvgIpc) is 3.24. The summed E-state index contributed by atoms with van der Waals surface area (Å²) in [7, 11) is -4.59. The van der Waals surface area contributed by atoms with Gasteiger partial charge >= 0.3 is 11.9 Å². The van der Waals surface area contributed by atoms with Crippen molar-refractivity contribution in [2.75, 3.05) is 13.2 Å². The molecule has 8 heteroatoms. The van der Waals surface area contributed by atoms with Crippen molar-refractivity contribution in [2.45, 2.75) is 250 Å². The zero-order valence-electron chi connectivity index (χ0n) is 38.7. The van der Waals surface area contributed by atoms with Crippen molar-refractivity contribution in [2.24, 2.45) is 0 Å². The molecule has 1 rings (SSSR count). The normalized spacial score (nSPS) is 11.9. The van der Waals surface area contributed by atoms with Crippen molar-refractivity contribution in [1.82, 2.24) is 0 Å². The quantitative estimate of drug-likeness (QED) is 0.0302. The summed E-state index contributed by atoms with van der Waals surface area (Å²) in [6.45, 7) is 4.57. The molecule has 60 heavy (non-hydrogen) atoms. The maximum Gasteiger partial charge on any atom is 0.339 e. The zero-order valence-corrected chi connectivity index (χ0v) is 39.5. The fraction of sp³-hybridized carbons (Fsp3) is 0.769. The van der Waals surface area contributed by atoms with Crippen LogP contribution in [0.25, 0.3) is 0 Å². The highest BCUT2D eigenvalue weighted by molar-refractivity contribution is 7.85. The van der Waals surface area contributed by atoms with Crippen LogP contribution in [0, 0.1) is 0 Å². The van der Waals surface area contributed by atoms with Crippen molar-refractivity contribution < 1.29 is 32.0 Å². The minimum atomic E-state index is -4.59. The molecule has 1 N–H and O–H groups in total. The molecule has 0 amide bonds. The molecule has 0 radical (unpaired) electrons. The summed E-state index contributed by atoms with van der Waals surface area (Å²) in [6.07, 6.45) is 54.8. The number of carbonyl (C=O) groups is 2. The number of hydrogen-bond donors (Lipinski definition) is 1. The van der Waals surface area contributed by atoms with Crippen LogP contribution in [0.4, 0.5) is 0 Å². The molecule has 0 saturated heterocycles. The monoisotopic (exact) mass is 859 g/mol. The lowest BCUT2D eigenvalue weighted by Gasteiger charge is -2.10. The smallest absolute Gasteiger partial charge is 0.339 e. The fourth-order valence-electron chi connectivity index (χ4n) is 7.78. The molecule has 0 heterocycles. The Balaban J connectivity index is 2.18. The van der Waals surface area contributed by atoms with Crippen LogP contribution in [0.1, 0.15) is 266 Å². The Kier molecular flexibility index (Phi) is 37.6. The van der Waals surface area contributed by atoms with Crippen LogP contribution in [-0.2, 0) is 19.6 Å². The number of rotatable bonds is 43. The first-order valence-corrected chi connectivity index (χ1v) is 26.5. The lowest BCUT2D eigenvalue weighted by atomic mass is 10.0. The van der Waals surface area contributed by atoms with Crippen molar-refractivity contribution in [1.29, 1.82) is 0 Å². The van der Waals surface area contributed by atoms with Gasteiger partial charge in [0.15, 0.2) is 0 Å². The Hall–Kier alpha value is -2.45. The van der Waals surface area contributed by atoms with Gasteiger partial charge in [-0.15, -0.1) is 0 Å².